The second-order valence-electron chi connectivity index (χ2n) is 7.98. The molecule has 1 aliphatic carbocycles. The Kier molecular flexibility index (Phi) is 5.61. The highest BCUT2D eigenvalue weighted by atomic mass is 32.2. The monoisotopic (exact) mass is 438 g/mol. The number of carbonyl (C=O) groups excluding carboxylic acids is 2. The van der Waals surface area contributed by atoms with E-state index in [1.165, 1.54) is 9.42 Å². The van der Waals surface area contributed by atoms with Gasteiger partial charge in [-0.05, 0) is 43.5 Å². The first kappa shape index (κ1) is 20.9. The minimum Gasteiger partial charge on any atom is -0.341 e. The van der Waals surface area contributed by atoms with E-state index in [0.29, 0.717) is 25.8 Å². The molecule has 4 rings (SSSR count). The van der Waals surface area contributed by atoms with Crippen LogP contribution in [0.4, 0.5) is 8.78 Å². The summed E-state index contributed by atoms with van der Waals surface area (Å²) < 4.78 is 46.1. The van der Waals surface area contributed by atoms with Crippen molar-refractivity contribution in [2.24, 2.45) is 10.3 Å². The molecule has 2 fully saturated rings. The molecule has 0 aromatic carbocycles. The van der Waals surface area contributed by atoms with Gasteiger partial charge in [-0.3, -0.25) is 9.59 Å². The van der Waals surface area contributed by atoms with Gasteiger partial charge in [-0.15, -0.1) is 0 Å². The molecule has 2 atom stereocenters. The van der Waals surface area contributed by atoms with Gasteiger partial charge in [0.25, 0.3) is 0 Å². The first-order valence-corrected chi connectivity index (χ1v) is 12.0. The summed E-state index contributed by atoms with van der Waals surface area (Å²) in [5, 5.41) is 4.12. The van der Waals surface area contributed by atoms with E-state index in [-0.39, 0.29) is 36.1 Å². The number of nitrogens with zero attached hydrogens (tertiary/aromatic N) is 4. The molecule has 3 heterocycles. The van der Waals surface area contributed by atoms with E-state index in [2.05, 4.69) is 9.46 Å². The topological polar surface area (TPSA) is 84.1 Å². The number of halogens is 2. The van der Waals surface area contributed by atoms with Crippen molar-refractivity contribution in [3.63, 3.8) is 0 Å². The summed E-state index contributed by atoms with van der Waals surface area (Å²) in [7, 11) is -2.85. The van der Waals surface area contributed by atoms with Crippen molar-refractivity contribution in [3.8, 4) is 0 Å². The maximum absolute atomic E-state index is 13.7. The van der Waals surface area contributed by atoms with E-state index in [1.54, 1.807) is 30.5 Å². The minimum absolute atomic E-state index is 0.0599. The van der Waals surface area contributed by atoms with E-state index in [0.717, 1.165) is 5.52 Å². The van der Waals surface area contributed by atoms with Crippen molar-refractivity contribution in [1.29, 1.82) is 0 Å². The van der Waals surface area contributed by atoms with E-state index in [1.807, 2.05) is 0 Å². The molecule has 7 nitrogen and oxygen atoms in total. The fourth-order valence-electron chi connectivity index (χ4n) is 4.21. The van der Waals surface area contributed by atoms with Gasteiger partial charge in [0.1, 0.15) is 5.69 Å². The Morgan fingerprint density at radius 2 is 2.00 bits per heavy atom. The Morgan fingerprint density at radius 3 is 2.80 bits per heavy atom. The number of carbonyl (C=O) groups is 2. The second-order valence-corrected chi connectivity index (χ2v) is 10.5. The molecule has 162 valence electrons. The average molecular weight is 439 g/mol. The Morgan fingerprint density at radius 1 is 1.17 bits per heavy atom. The van der Waals surface area contributed by atoms with Gasteiger partial charge in [0, 0.05) is 49.6 Å². The average Bonchev–Trinajstić information content (AvgIpc) is 3.04. The summed E-state index contributed by atoms with van der Waals surface area (Å²) in [4.78, 5) is 26.9. The highest BCUT2D eigenvalue weighted by molar-refractivity contribution is 7.93. The van der Waals surface area contributed by atoms with E-state index in [9.17, 15) is 22.6 Å². The van der Waals surface area contributed by atoms with Crippen LogP contribution in [0.3, 0.4) is 0 Å². The molecule has 1 saturated carbocycles. The van der Waals surface area contributed by atoms with Crippen molar-refractivity contribution in [3.05, 3.63) is 36.2 Å². The lowest BCUT2D eigenvalue weighted by Crippen LogP contribution is -2.41. The molecule has 2 aromatic heterocycles. The second kappa shape index (κ2) is 8.05. The van der Waals surface area contributed by atoms with Gasteiger partial charge in [-0.25, -0.2) is 17.5 Å². The van der Waals surface area contributed by atoms with Gasteiger partial charge in [0.05, 0.1) is 15.2 Å². The number of hydrogen-bond donors (Lipinski definition) is 0. The maximum atomic E-state index is 13.7. The van der Waals surface area contributed by atoms with E-state index < -0.39 is 33.9 Å². The highest BCUT2D eigenvalue weighted by Gasteiger charge is 2.40. The van der Waals surface area contributed by atoms with Crippen LogP contribution in [0, 0.1) is 5.92 Å². The smallest absolute Gasteiger partial charge is 0.303 e. The normalized spacial score (nSPS) is 26.9. The fraction of sp³-hybridized carbons (Fsp3) is 0.550. The van der Waals surface area contributed by atoms with E-state index in [4.69, 9.17) is 0 Å². The molecular formula is C20H24F2N4O3S. The van der Waals surface area contributed by atoms with Gasteiger partial charge in [0.2, 0.25) is 11.8 Å². The van der Waals surface area contributed by atoms with Crippen LogP contribution in [-0.2, 0) is 14.5 Å². The molecule has 1 saturated heterocycles. The molecule has 1 aliphatic heterocycles. The quantitative estimate of drug-likeness (QED) is 0.722. The summed E-state index contributed by atoms with van der Waals surface area (Å²) in [5.74, 6) is -4.14. The van der Waals surface area contributed by atoms with Crippen molar-refractivity contribution >= 4 is 27.1 Å². The molecule has 2 amide bonds. The molecule has 2 aromatic rings. The number of hydrogen-bond acceptors (Lipinski definition) is 4. The maximum Gasteiger partial charge on any atom is 0.303 e. The van der Waals surface area contributed by atoms with Gasteiger partial charge in [-0.2, -0.15) is 9.46 Å². The lowest BCUT2D eigenvalue weighted by atomic mass is 9.85. The number of fused-ring (bicyclic) bond motifs is 1. The SMILES string of the molecule is O=C(N=S1(=O)CCCN(C(=O)C2CCCC(F)(F)C2)CC1)c1ccc2cccnn12. The molecule has 0 N–H and O–H groups in total. The minimum atomic E-state index is -2.85. The number of aromatic nitrogens is 2. The van der Waals surface area contributed by atoms with Crippen LogP contribution in [0.25, 0.3) is 5.52 Å². The van der Waals surface area contributed by atoms with Crippen molar-refractivity contribution in [1.82, 2.24) is 14.5 Å². The van der Waals surface area contributed by atoms with Crippen LogP contribution in [0.15, 0.2) is 34.8 Å². The molecule has 10 heteroatoms. The summed E-state index contributed by atoms with van der Waals surface area (Å²) in [6.45, 7) is 0.501. The van der Waals surface area contributed by atoms with Crippen LogP contribution < -0.4 is 0 Å². The van der Waals surface area contributed by atoms with Crippen LogP contribution in [0.5, 0.6) is 0 Å². The summed E-state index contributed by atoms with van der Waals surface area (Å²) >= 11 is 0. The number of rotatable bonds is 2. The zero-order valence-electron chi connectivity index (χ0n) is 16.5. The number of alkyl halides is 2. The van der Waals surface area contributed by atoms with Crippen molar-refractivity contribution in [2.45, 2.75) is 38.0 Å². The van der Waals surface area contributed by atoms with Gasteiger partial charge >= 0.3 is 5.91 Å². The van der Waals surface area contributed by atoms with Crippen LogP contribution in [-0.4, -0.2) is 61.1 Å². The van der Waals surface area contributed by atoms with Gasteiger partial charge in [0.15, 0.2) is 0 Å². The van der Waals surface area contributed by atoms with Crippen molar-refractivity contribution in [2.75, 3.05) is 24.6 Å². The molecule has 0 spiro atoms. The summed E-state index contributed by atoms with van der Waals surface area (Å²) in [6, 6.07) is 6.87. The number of amides is 2. The Hall–Kier alpha value is -2.36. The Bertz CT molecular complexity index is 1090. The first-order valence-electron chi connectivity index (χ1n) is 10.1. The Labute approximate surface area is 173 Å². The molecule has 0 bridgehead atoms. The lowest BCUT2D eigenvalue weighted by Gasteiger charge is -2.32. The van der Waals surface area contributed by atoms with Crippen molar-refractivity contribution < 1.29 is 22.6 Å². The molecule has 2 unspecified atom stereocenters. The third-order valence-electron chi connectivity index (χ3n) is 5.76. The molecule has 0 radical (unpaired) electrons. The Balaban J connectivity index is 1.48. The lowest BCUT2D eigenvalue weighted by molar-refractivity contribution is -0.142. The largest absolute Gasteiger partial charge is 0.341 e. The van der Waals surface area contributed by atoms with Gasteiger partial charge < -0.3 is 4.90 Å². The molecule has 2 aliphatic rings. The predicted octanol–water partition coefficient (Wildman–Crippen LogP) is 3.00. The first-order chi connectivity index (χ1) is 14.3. The fourth-order valence-corrected chi connectivity index (χ4v) is 6.07. The van der Waals surface area contributed by atoms with E-state index >= 15 is 0 Å². The summed E-state index contributed by atoms with van der Waals surface area (Å²) in [5.41, 5.74) is 0.961. The van der Waals surface area contributed by atoms with Crippen LogP contribution in [0.1, 0.15) is 42.6 Å². The van der Waals surface area contributed by atoms with Crippen LogP contribution in [0.2, 0.25) is 0 Å². The zero-order valence-corrected chi connectivity index (χ0v) is 17.3. The predicted molar refractivity (Wildman–Crippen MR) is 108 cm³/mol. The third-order valence-corrected chi connectivity index (χ3v) is 8.01. The zero-order chi connectivity index (χ0) is 21.4. The molecule has 30 heavy (non-hydrogen) atoms. The summed E-state index contributed by atoms with van der Waals surface area (Å²) in [6.07, 6.45) is 2.16. The standard InChI is InChI=1S/C20H24F2N4O3S/c21-20(22)8-1-4-15(14-20)19(28)25-10-3-12-30(29,13-11-25)24-18(27)17-7-6-16-5-2-9-23-26(16)17/h2,5-7,9,15H,1,3-4,8,10-14H2. The highest BCUT2D eigenvalue weighted by Crippen LogP contribution is 2.37. The molecular weight excluding hydrogens is 414 g/mol. The third kappa shape index (κ3) is 4.38. The van der Waals surface area contributed by atoms with Crippen LogP contribution >= 0.6 is 0 Å². The van der Waals surface area contributed by atoms with Gasteiger partial charge in [-0.1, -0.05) is 0 Å².